The third-order valence-corrected chi connectivity index (χ3v) is 6.62. The molecule has 0 saturated carbocycles. The fourth-order valence-corrected chi connectivity index (χ4v) is 4.48. The number of carbonyl (C=O) groups is 1. The highest BCUT2D eigenvalue weighted by molar-refractivity contribution is 6.34. The molecule has 2 aromatic heterocycles. The zero-order valence-corrected chi connectivity index (χ0v) is 21.6. The Bertz CT molecular complexity index is 1310. The van der Waals surface area contributed by atoms with Gasteiger partial charge in [-0.15, -0.1) is 0 Å². The van der Waals surface area contributed by atoms with Crippen molar-refractivity contribution in [2.75, 3.05) is 32.7 Å². The van der Waals surface area contributed by atoms with E-state index >= 15 is 0 Å². The van der Waals surface area contributed by atoms with Crippen LogP contribution in [0.2, 0.25) is 5.02 Å². The molecule has 4 rings (SSSR count). The first-order valence-corrected chi connectivity index (χ1v) is 12.7. The van der Waals surface area contributed by atoms with Crippen LogP contribution in [-0.2, 0) is 12.8 Å². The Balaban J connectivity index is 1.58. The first-order chi connectivity index (χ1) is 17.9. The van der Waals surface area contributed by atoms with Crippen molar-refractivity contribution in [3.05, 3.63) is 76.0 Å². The Labute approximate surface area is 220 Å². The fourth-order valence-electron chi connectivity index (χ4n) is 4.22. The van der Waals surface area contributed by atoms with Gasteiger partial charge in [0, 0.05) is 49.2 Å². The van der Waals surface area contributed by atoms with Gasteiger partial charge in [-0.1, -0.05) is 43.4 Å². The van der Waals surface area contributed by atoms with Crippen LogP contribution < -0.4 is 0 Å². The summed E-state index contributed by atoms with van der Waals surface area (Å²) in [6.45, 7) is 5.35. The summed E-state index contributed by atoms with van der Waals surface area (Å²) in [6, 6.07) is 9.10. The summed E-state index contributed by atoms with van der Waals surface area (Å²) in [5.41, 5.74) is 5.04. The number of hydrogen-bond donors (Lipinski definition) is 0. The maximum atomic E-state index is 13.1. The number of rotatable bonds is 6. The zero-order chi connectivity index (χ0) is 26.4. The van der Waals surface area contributed by atoms with Crippen LogP contribution in [0.3, 0.4) is 0 Å². The van der Waals surface area contributed by atoms with Gasteiger partial charge in [0.25, 0.3) is 12.3 Å². The quantitative estimate of drug-likeness (QED) is 0.437. The Morgan fingerprint density at radius 1 is 1.03 bits per heavy atom. The van der Waals surface area contributed by atoms with Gasteiger partial charge >= 0.3 is 0 Å². The van der Waals surface area contributed by atoms with Gasteiger partial charge in [0.1, 0.15) is 6.33 Å². The lowest BCUT2D eigenvalue weighted by Gasteiger charge is -2.34. The van der Waals surface area contributed by atoms with Gasteiger partial charge in [-0.05, 0) is 37.1 Å². The van der Waals surface area contributed by atoms with Gasteiger partial charge in [-0.2, -0.15) is 0 Å². The molecule has 3 heterocycles. The first kappa shape index (κ1) is 26.6. The summed E-state index contributed by atoms with van der Waals surface area (Å²) in [5, 5.41) is 0.299. The second-order valence-electron chi connectivity index (χ2n) is 8.72. The molecule has 1 amide bonds. The smallest absolute Gasteiger partial charge is 0.255 e. The van der Waals surface area contributed by atoms with Gasteiger partial charge in [0.15, 0.2) is 0 Å². The lowest BCUT2D eigenvalue weighted by atomic mass is 10.0. The normalized spacial score (nSPS) is 13.9. The van der Waals surface area contributed by atoms with Crippen molar-refractivity contribution in [3.8, 4) is 23.1 Å². The van der Waals surface area contributed by atoms with Gasteiger partial charge in [-0.25, -0.2) is 18.7 Å². The number of halogens is 3. The van der Waals surface area contributed by atoms with Crippen LogP contribution in [0, 0.1) is 11.8 Å². The summed E-state index contributed by atoms with van der Waals surface area (Å²) in [4.78, 5) is 29.7. The molecule has 0 N–H and O–H groups in total. The van der Waals surface area contributed by atoms with Crippen molar-refractivity contribution in [1.29, 1.82) is 0 Å². The molecule has 0 aliphatic carbocycles. The van der Waals surface area contributed by atoms with Crippen LogP contribution in [-0.4, -0.2) is 69.8 Å². The summed E-state index contributed by atoms with van der Waals surface area (Å²) in [6.07, 6.45) is 2.41. The fraction of sp³-hybridized carbons (Fsp3) is 0.357. The van der Waals surface area contributed by atoms with Crippen molar-refractivity contribution in [2.24, 2.45) is 0 Å². The molecule has 0 spiro atoms. The van der Waals surface area contributed by atoms with E-state index in [0.717, 1.165) is 28.9 Å². The van der Waals surface area contributed by atoms with E-state index < -0.39 is 6.43 Å². The van der Waals surface area contributed by atoms with Gasteiger partial charge in [0.2, 0.25) is 0 Å². The molecule has 37 heavy (non-hydrogen) atoms. The number of hydrogen-bond acceptors (Lipinski definition) is 5. The standard InChI is InChI=1S/C28H28ClF2N5O/c1-3-21-8-5-19(16-32-21)6-9-23-25(4-2)33-18-34-27(23)20-7-10-22(24(29)15-20)28(37)36-13-11-35(12-14-36)17-26(30)31/h5,7-8,10,15-16,18,26H,3-4,11-14,17H2,1-2H3. The van der Waals surface area contributed by atoms with Crippen molar-refractivity contribution in [3.63, 3.8) is 0 Å². The monoisotopic (exact) mass is 523 g/mol. The lowest BCUT2D eigenvalue weighted by Crippen LogP contribution is -2.49. The Kier molecular flexibility index (Phi) is 8.80. The first-order valence-electron chi connectivity index (χ1n) is 12.3. The zero-order valence-electron chi connectivity index (χ0n) is 20.8. The number of aromatic nitrogens is 3. The maximum Gasteiger partial charge on any atom is 0.255 e. The van der Waals surface area contributed by atoms with E-state index in [2.05, 4.69) is 33.7 Å². The van der Waals surface area contributed by atoms with E-state index in [1.807, 2.05) is 19.1 Å². The molecule has 1 aromatic carbocycles. The van der Waals surface area contributed by atoms with Crippen molar-refractivity contribution >= 4 is 17.5 Å². The minimum atomic E-state index is -2.38. The largest absolute Gasteiger partial charge is 0.336 e. The molecule has 1 aliphatic heterocycles. The summed E-state index contributed by atoms with van der Waals surface area (Å²) < 4.78 is 25.3. The number of carbonyl (C=O) groups excluding carboxylic acids is 1. The molecule has 192 valence electrons. The average molecular weight is 524 g/mol. The minimum absolute atomic E-state index is 0.215. The molecule has 0 atom stereocenters. The number of pyridine rings is 1. The third-order valence-electron chi connectivity index (χ3n) is 6.31. The van der Waals surface area contributed by atoms with Crippen molar-refractivity contribution in [2.45, 2.75) is 33.1 Å². The van der Waals surface area contributed by atoms with Crippen LogP contribution in [0.4, 0.5) is 8.78 Å². The van der Waals surface area contributed by atoms with Crippen molar-refractivity contribution < 1.29 is 13.6 Å². The molecule has 9 heteroatoms. The Hall–Kier alpha value is -3.41. The minimum Gasteiger partial charge on any atom is -0.336 e. The average Bonchev–Trinajstić information content (AvgIpc) is 2.91. The van der Waals surface area contributed by atoms with Crippen LogP contribution in [0.15, 0.2) is 42.9 Å². The number of benzene rings is 1. The lowest BCUT2D eigenvalue weighted by molar-refractivity contribution is 0.0459. The van der Waals surface area contributed by atoms with Crippen LogP contribution >= 0.6 is 11.6 Å². The van der Waals surface area contributed by atoms with Gasteiger partial charge in [0.05, 0.1) is 34.1 Å². The van der Waals surface area contributed by atoms with E-state index in [9.17, 15) is 13.6 Å². The number of amides is 1. The summed E-state index contributed by atoms with van der Waals surface area (Å²) in [5.74, 6) is 6.17. The van der Waals surface area contributed by atoms with Crippen molar-refractivity contribution in [1.82, 2.24) is 24.8 Å². The molecule has 0 bridgehead atoms. The molecule has 3 aromatic rings. The molecular weight excluding hydrogens is 496 g/mol. The molecule has 1 aliphatic rings. The highest BCUT2D eigenvalue weighted by Crippen LogP contribution is 2.28. The van der Waals surface area contributed by atoms with E-state index in [-0.39, 0.29) is 12.5 Å². The number of aryl methyl sites for hydroxylation is 2. The predicted molar refractivity (Wildman–Crippen MR) is 140 cm³/mol. The van der Waals surface area contributed by atoms with E-state index in [0.29, 0.717) is 54.4 Å². The highest BCUT2D eigenvalue weighted by atomic mass is 35.5. The SMILES string of the molecule is CCc1ccc(C#Cc2c(CC)ncnc2-c2ccc(C(=O)N3CCN(CC(F)F)CC3)c(Cl)c2)cn1. The van der Waals surface area contributed by atoms with Crippen LogP contribution in [0.25, 0.3) is 11.3 Å². The highest BCUT2D eigenvalue weighted by Gasteiger charge is 2.25. The molecule has 1 fully saturated rings. The molecule has 0 radical (unpaired) electrons. The summed E-state index contributed by atoms with van der Waals surface area (Å²) >= 11 is 6.57. The molecule has 1 saturated heterocycles. The van der Waals surface area contributed by atoms with E-state index in [4.69, 9.17) is 11.6 Å². The summed E-state index contributed by atoms with van der Waals surface area (Å²) in [7, 11) is 0. The van der Waals surface area contributed by atoms with Crippen LogP contribution in [0.1, 0.15) is 46.7 Å². The second-order valence-corrected chi connectivity index (χ2v) is 9.13. The topological polar surface area (TPSA) is 62.2 Å². The number of nitrogens with zero attached hydrogens (tertiary/aromatic N) is 5. The van der Waals surface area contributed by atoms with Crippen LogP contribution in [0.5, 0.6) is 0 Å². The van der Waals surface area contributed by atoms with Gasteiger partial charge < -0.3 is 4.90 Å². The van der Waals surface area contributed by atoms with Gasteiger partial charge in [-0.3, -0.25) is 14.7 Å². The van der Waals surface area contributed by atoms with E-state index in [1.54, 1.807) is 34.2 Å². The molecule has 6 nitrogen and oxygen atoms in total. The Morgan fingerprint density at radius 3 is 2.43 bits per heavy atom. The molecule has 0 unspecified atom stereocenters. The second kappa shape index (κ2) is 12.2. The Morgan fingerprint density at radius 2 is 1.81 bits per heavy atom. The maximum absolute atomic E-state index is 13.1. The number of piperazine rings is 1. The van der Waals surface area contributed by atoms with E-state index in [1.165, 1.54) is 6.33 Å². The molecular formula is C28H28ClF2N5O. The number of alkyl halides is 2. The third kappa shape index (κ3) is 6.48. The predicted octanol–water partition coefficient (Wildman–Crippen LogP) is 4.74.